The molecule has 0 atom stereocenters. The van der Waals surface area contributed by atoms with Crippen LogP contribution in [0.1, 0.15) is 23.6 Å². The maximum absolute atomic E-state index is 6.01. The fourth-order valence-corrected chi connectivity index (χ4v) is 2.41. The Kier molecular flexibility index (Phi) is 5.63. The molecule has 2 aromatic carbocycles. The second-order valence-electron chi connectivity index (χ2n) is 5.90. The van der Waals surface area contributed by atoms with E-state index < -0.39 is 0 Å². The summed E-state index contributed by atoms with van der Waals surface area (Å²) in [6.45, 7) is 4.79. The zero-order valence-electron chi connectivity index (χ0n) is 14.4. The number of hydrogen-bond donors (Lipinski definition) is 2. The van der Waals surface area contributed by atoms with Crippen LogP contribution in [0.25, 0.3) is 0 Å². The maximum Gasteiger partial charge on any atom is 0.193 e. The molecule has 23 heavy (non-hydrogen) atoms. The van der Waals surface area contributed by atoms with E-state index >= 15 is 0 Å². The third kappa shape index (κ3) is 4.74. The van der Waals surface area contributed by atoms with Crippen LogP contribution < -0.4 is 16.0 Å². The van der Waals surface area contributed by atoms with Gasteiger partial charge < -0.3 is 16.0 Å². The Bertz CT molecular complexity index is 672. The SMILES string of the molecule is CCc1ccc(NC(N)=NCc2ccc(C)cc2N(C)C)cc1. The molecule has 0 unspecified atom stereocenters. The normalized spacial score (nSPS) is 11.4. The maximum atomic E-state index is 6.01. The molecule has 0 aromatic heterocycles. The minimum atomic E-state index is 0.430. The van der Waals surface area contributed by atoms with E-state index in [0.717, 1.165) is 17.7 Å². The standard InChI is InChI=1S/C19H26N4/c1-5-15-7-10-17(11-8-15)22-19(20)21-13-16-9-6-14(2)12-18(16)23(3)4/h6-12H,5,13H2,1-4H3,(H3,20,21,22). The summed E-state index contributed by atoms with van der Waals surface area (Å²) in [5, 5.41) is 3.14. The molecule has 4 heteroatoms. The van der Waals surface area contributed by atoms with Crippen LogP contribution in [0.2, 0.25) is 0 Å². The topological polar surface area (TPSA) is 53.6 Å². The van der Waals surface area contributed by atoms with E-state index in [4.69, 9.17) is 5.73 Å². The van der Waals surface area contributed by atoms with E-state index in [1.54, 1.807) is 0 Å². The summed E-state index contributed by atoms with van der Waals surface area (Å²) in [6, 6.07) is 14.6. The van der Waals surface area contributed by atoms with Gasteiger partial charge in [-0.15, -0.1) is 0 Å². The predicted octanol–water partition coefficient (Wildman–Crippen LogP) is 3.55. The van der Waals surface area contributed by atoms with Crippen molar-refractivity contribution in [2.24, 2.45) is 10.7 Å². The molecule has 122 valence electrons. The first kappa shape index (κ1) is 16.9. The average Bonchev–Trinajstić information content (AvgIpc) is 2.54. The minimum absolute atomic E-state index is 0.430. The molecule has 3 N–H and O–H groups in total. The van der Waals surface area contributed by atoms with Gasteiger partial charge in [0.15, 0.2) is 5.96 Å². The van der Waals surface area contributed by atoms with E-state index in [9.17, 15) is 0 Å². The molecule has 2 aromatic rings. The van der Waals surface area contributed by atoms with E-state index in [2.05, 4.69) is 59.4 Å². The molecule has 0 aliphatic heterocycles. The minimum Gasteiger partial charge on any atom is -0.377 e. The first-order valence-electron chi connectivity index (χ1n) is 7.92. The predicted molar refractivity (Wildman–Crippen MR) is 100 cm³/mol. The van der Waals surface area contributed by atoms with Gasteiger partial charge in [-0.05, 0) is 48.2 Å². The van der Waals surface area contributed by atoms with Crippen LogP contribution >= 0.6 is 0 Å². The number of guanidine groups is 1. The molecule has 0 fully saturated rings. The van der Waals surface area contributed by atoms with Crippen molar-refractivity contribution in [2.75, 3.05) is 24.3 Å². The van der Waals surface area contributed by atoms with Crippen molar-refractivity contribution in [1.82, 2.24) is 0 Å². The Morgan fingerprint density at radius 3 is 2.43 bits per heavy atom. The van der Waals surface area contributed by atoms with Crippen molar-refractivity contribution < 1.29 is 0 Å². The van der Waals surface area contributed by atoms with Crippen LogP contribution in [0, 0.1) is 6.92 Å². The summed E-state index contributed by atoms with van der Waals surface area (Å²) in [5.74, 6) is 0.430. The van der Waals surface area contributed by atoms with Gasteiger partial charge >= 0.3 is 0 Å². The Morgan fingerprint density at radius 2 is 1.83 bits per heavy atom. The zero-order valence-corrected chi connectivity index (χ0v) is 14.4. The van der Waals surface area contributed by atoms with Crippen molar-refractivity contribution in [3.63, 3.8) is 0 Å². The van der Waals surface area contributed by atoms with Crippen LogP contribution in [0.5, 0.6) is 0 Å². The lowest BCUT2D eigenvalue weighted by Gasteiger charge is -2.17. The lowest BCUT2D eigenvalue weighted by atomic mass is 10.1. The number of benzene rings is 2. The van der Waals surface area contributed by atoms with Crippen LogP contribution in [0.3, 0.4) is 0 Å². The molecule has 0 amide bonds. The Labute approximate surface area is 139 Å². The fraction of sp³-hybridized carbons (Fsp3) is 0.316. The van der Waals surface area contributed by atoms with Crippen molar-refractivity contribution in [1.29, 1.82) is 0 Å². The zero-order chi connectivity index (χ0) is 16.8. The monoisotopic (exact) mass is 310 g/mol. The number of aliphatic imine (C=N–C) groups is 1. The molecular weight excluding hydrogens is 284 g/mol. The summed E-state index contributed by atoms with van der Waals surface area (Å²) < 4.78 is 0. The van der Waals surface area contributed by atoms with Gasteiger partial charge in [0.2, 0.25) is 0 Å². The highest BCUT2D eigenvalue weighted by Crippen LogP contribution is 2.21. The van der Waals surface area contributed by atoms with Gasteiger partial charge in [-0.25, -0.2) is 4.99 Å². The Hall–Kier alpha value is -2.49. The van der Waals surface area contributed by atoms with Crippen LogP contribution in [-0.2, 0) is 13.0 Å². The highest BCUT2D eigenvalue weighted by atomic mass is 15.1. The Balaban J connectivity index is 2.07. The number of nitrogens with one attached hydrogen (secondary N) is 1. The third-order valence-electron chi connectivity index (χ3n) is 3.78. The van der Waals surface area contributed by atoms with Crippen molar-refractivity contribution in [3.05, 3.63) is 59.2 Å². The summed E-state index contributed by atoms with van der Waals surface area (Å²) in [4.78, 5) is 6.56. The van der Waals surface area contributed by atoms with Gasteiger partial charge in [-0.3, -0.25) is 0 Å². The van der Waals surface area contributed by atoms with E-state index in [1.165, 1.54) is 16.8 Å². The molecule has 0 heterocycles. The fourth-order valence-electron chi connectivity index (χ4n) is 2.41. The summed E-state index contributed by atoms with van der Waals surface area (Å²) in [6.07, 6.45) is 1.03. The van der Waals surface area contributed by atoms with Crippen LogP contribution in [-0.4, -0.2) is 20.1 Å². The molecule has 0 aliphatic rings. The smallest absolute Gasteiger partial charge is 0.193 e. The van der Waals surface area contributed by atoms with E-state index in [1.807, 2.05) is 26.2 Å². The molecule has 0 bridgehead atoms. The second kappa shape index (κ2) is 7.68. The van der Waals surface area contributed by atoms with E-state index in [0.29, 0.717) is 12.5 Å². The molecule has 0 radical (unpaired) electrons. The third-order valence-corrected chi connectivity index (χ3v) is 3.78. The highest BCUT2D eigenvalue weighted by Gasteiger charge is 2.05. The number of nitrogens with zero attached hydrogens (tertiary/aromatic N) is 2. The van der Waals surface area contributed by atoms with Crippen LogP contribution in [0.4, 0.5) is 11.4 Å². The lowest BCUT2D eigenvalue weighted by Crippen LogP contribution is -2.22. The van der Waals surface area contributed by atoms with Crippen molar-refractivity contribution in [2.45, 2.75) is 26.8 Å². The average molecular weight is 310 g/mol. The van der Waals surface area contributed by atoms with Gasteiger partial charge in [0.25, 0.3) is 0 Å². The summed E-state index contributed by atoms with van der Waals surface area (Å²) >= 11 is 0. The molecule has 0 saturated heterocycles. The molecule has 2 rings (SSSR count). The molecular formula is C19H26N4. The number of hydrogen-bond acceptors (Lipinski definition) is 2. The number of anilines is 2. The quantitative estimate of drug-likeness (QED) is 0.656. The number of aryl methyl sites for hydroxylation is 2. The molecule has 0 saturated carbocycles. The molecule has 0 spiro atoms. The van der Waals surface area contributed by atoms with Crippen molar-refractivity contribution in [3.8, 4) is 0 Å². The first-order chi connectivity index (χ1) is 11.0. The lowest BCUT2D eigenvalue weighted by molar-refractivity contribution is 1.02. The van der Waals surface area contributed by atoms with Crippen molar-refractivity contribution >= 4 is 17.3 Å². The number of rotatable bonds is 5. The largest absolute Gasteiger partial charge is 0.377 e. The van der Waals surface area contributed by atoms with Gasteiger partial charge in [0, 0.05) is 25.5 Å². The molecule has 4 nitrogen and oxygen atoms in total. The van der Waals surface area contributed by atoms with Crippen LogP contribution in [0.15, 0.2) is 47.5 Å². The summed E-state index contributed by atoms with van der Waals surface area (Å²) in [7, 11) is 4.08. The number of nitrogens with two attached hydrogens (primary N) is 1. The van der Waals surface area contributed by atoms with Gasteiger partial charge in [-0.2, -0.15) is 0 Å². The van der Waals surface area contributed by atoms with Gasteiger partial charge in [0.1, 0.15) is 0 Å². The second-order valence-corrected chi connectivity index (χ2v) is 5.90. The highest BCUT2D eigenvalue weighted by molar-refractivity contribution is 5.92. The van der Waals surface area contributed by atoms with E-state index in [-0.39, 0.29) is 0 Å². The van der Waals surface area contributed by atoms with Gasteiger partial charge in [0.05, 0.1) is 6.54 Å². The van der Waals surface area contributed by atoms with Gasteiger partial charge in [-0.1, -0.05) is 31.2 Å². The summed E-state index contributed by atoms with van der Waals surface area (Å²) in [5.41, 5.74) is 11.8. The molecule has 0 aliphatic carbocycles. The first-order valence-corrected chi connectivity index (χ1v) is 7.92. The Morgan fingerprint density at radius 1 is 1.13 bits per heavy atom.